The van der Waals surface area contributed by atoms with E-state index in [0.717, 1.165) is 39.0 Å². The van der Waals surface area contributed by atoms with Gasteiger partial charge in [0.2, 0.25) is 10.8 Å². The molecule has 5 rings (SSSR count). The van der Waals surface area contributed by atoms with E-state index in [1.807, 2.05) is 50.4 Å². The van der Waals surface area contributed by atoms with Gasteiger partial charge in [-0.2, -0.15) is 5.10 Å². The highest BCUT2D eigenvalue weighted by Crippen LogP contribution is 2.41. The second-order valence-corrected chi connectivity index (χ2v) is 10.0. The van der Waals surface area contributed by atoms with E-state index >= 15 is 0 Å². The topological polar surface area (TPSA) is 52.7 Å². The molecule has 0 amide bonds. The lowest BCUT2D eigenvalue weighted by molar-refractivity contribution is 0.602. The Morgan fingerprint density at radius 3 is 2.27 bits per heavy atom. The average molecular weight is 525 g/mol. The van der Waals surface area contributed by atoms with Crippen LogP contribution in [0.3, 0.4) is 0 Å². The molecule has 7 heteroatoms. The zero-order valence-corrected chi connectivity index (χ0v) is 19.8. The highest BCUT2D eigenvalue weighted by molar-refractivity contribution is 14.1. The van der Waals surface area contributed by atoms with Crippen LogP contribution in [-0.2, 0) is 4.57 Å². The molecule has 0 saturated heterocycles. The summed E-state index contributed by atoms with van der Waals surface area (Å²) in [5.41, 5.74) is 5.39. The van der Waals surface area contributed by atoms with E-state index in [0.29, 0.717) is 10.8 Å². The van der Waals surface area contributed by atoms with Gasteiger partial charge in [-0.15, -0.1) is 0 Å². The number of hydrogen-bond acceptors (Lipinski definition) is 3. The first-order valence-corrected chi connectivity index (χ1v) is 12.0. The quantitative estimate of drug-likeness (QED) is 0.243. The Morgan fingerprint density at radius 2 is 1.57 bits per heavy atom. The summed E-state index contributed by atoms with van der Waals surface area (Å²) in [5.74, 6) is 0. The van der Waals surface area contributed by atoms with Crippen LogP contribution in [0.2, 0.25) is 0 Å². The molecule has 3 aromatic heterocycles. The van der Waals surface area contributed by atoms with E-state index in [9.17, 15) is 4.57 Å². The predicted octanol–water partition coefficient (Wildman–Crippen LogP) is 6.64. The van der Waals surface area contributed by atoms with Gasteiger partial charge in [-0.1, -0.05) is 22.8 Å². The highest BCUT2D eigenvalue weighted by atomic mass is 127. The molecular formula is C23H19IN4OP+. The van der Waals surface area contributed by atoms with E-state index < -0.39 is 7.41 Å². The Hall–Kier alpha value is -2.57. The Morgan fingerprint density at radius 1 is 0.867 bits per heavy atom. The van der Waals surface area contributed by atoms with Crippen LogP contribution < -0.4 is 0 Å². The smallest absolute Gasteiger partial charge is 0.313 e. The van der Waals surface area contributed by atoms with Gasteiger partial charge in [0.1, 0.15) is 5.69 Å². The maximum Gasteiger partial charge on any atom is 0.424 e. The molecule has 0 bridgehead atoms. The van der Waals surface area contributed by atoms with Crippen molar-refractivity contribution < 1.29 is 4.57 Å². The molecule has 3 heterocycles. The molecule has 0 aliphatic rings. The number of nitrogens with zero attached hydrogens (tertiary/aromatic N) is 4. The third-order valence-electron chi connectivity index (χ3n) is 5.47. The third-order valence-corrected chi connectivity index (χ3v) is 8.09. The number of rotatable bonds is 2. The molecular weight excluding hydrogens is 506 g/mol. The molecule has 1 unspecified atom stereocenters. The molecule has 148 valence electrons. The first-order chi connectivity index (χ1) is 14.5. The number of para-hydroxylation sites is 1. The minimum absolute atomic E-state index is 0.649. The SMILES string of the molecule is Cc1nn(-c2ccccc2)c2ncc3c(C)n(-c4ccc(I)cc4)c(C)c3[p+](=O)c12. The van der Waals surface area contributed by atoms with Crippen molar-refractivity contribution in [2.45, 2.75) is 20.8 Å². The Balaban J connectivity index is 1.88. The molecule has 5 aromatic rings. The summed E-state index contributed by atoms with van der Waals surface area (Å²) in [7, 11) is -1.83. The van der Waals surface area contributed by atoms with E-state index in [-0.39, 0.29) is 0 Å². The molecule has 1 atom stereocenters. The Bertz CT molecular complexity index is 1490. The summed E-state index contributed by atoms with van der Waals surface area (Å²) in [6.45, 7) is 6.00. The lowest BCUT2D eigenvalue weighted by atomic mass is 10.3. The van der Waals surface area contributed by atoms with Gasteiger partial charge in [0, 0.05) is 21.1 Å². The molecule has 5 nitrogen and oxygen atoms in total. The maximum atomic E-state index is 13.9. The van der Waals surface area contributed by atoms with Gasteiger partial charge in [-0.3, -0.25) is 0 Å². The van der Waals surface area contributed by atoms with E-state index in [1.54, 1.807) is 4.68 Å². The standard InChI is InChI=1S/C23H19IN4OP/c1-14-21-23(28(26-14)19-7-5-4-6-8-19)25-13-20-15(2)27(16(3)22(20)30(21)29)18-11-9-17(24)10-12-18/h4-13H,1-3H3/q+1. The average Bonchev–Trinajstić information content (AvgIpc) is 3.14. The molecule has 2 aromatic carbocycles. The summed E-state index contributed by atoms with van der Waals surface area (Å²) < 4.78 is 19.0. The van der Waals surface area contributed by atoms with Gasteiger partial charge in [-0.25, -0.2) is 9.67 Å². The van der Waals surface area contributed by atoms with E-state index in [1.165, 1.54) is 3.57 Å². The van der Waals surface area contributed by atoms with Gasteiger partial charge in [-0.05, 0) is 79.8 Å². The monoisotopic (exact) mass is 525 g/mol. The van der Waals surface area contributed by atoms with Crippen LogP contribution in [0.5, 0.6) is 0 Å². The Kier molecular flexibility index (Phi) is 4.71. The van der Waals surface area contributed by atoms with Crippen molar-refractivity contribution in [1.29, 1.82) is 0 Å². The zero-order valence-electron chi connectivity index (χ0n) is 16.8. The summed E-state index contributed by atoms with van der Waals surface area (Å²) in [4.78, 5) is 4.78. The van der Waals surface area contributed by atoms with Gasteiger partial charge in [0.05, 0.1) is 16.8 Å². The molecule has 0 aliphatic carbocycles. The largest absolute Gasteiger partial charge is 0.424 e. The molecule has 0 spiro atoms. The minimum Gasteiger partial charge on any atom is -0.313 e. The van der Waals surface area contributed by atoms with Crippen LogP contribution in [0.15, 0.2) is 60.8 Å². The fraction of sp³-hybridized carbons (Fsp3) is 0.130. The highest BCUT2D eigenvalue weighted by Gasteiger charge is 2.28. The van der Waals surface area contributed by atoms with Crippen molar-refractivity contribution in [1.82, 2.24) is 19.3 Å². The minimum atomic E-state index is -1.83. The lowest BCUT2D eigenvalue weighted by Gasteiger charge is -2.08. The lowest BCUT2D eigenvalue weighted by Crippen LogP contribution is -1.98. The molecule has 0 aliphatic heterocycles. The summed E-state index contributed by atoms with van der Waals surface area (Å²) in [5, 5.41) is 7.16. The normalized spacial score (nSPS) is 12.1. The van der Waals surface area contributed by atoms with Gasteiger partial charge >= 0.3 is 7.41 Å². The number of aromatic nitrogens is 4. The van der Waals surface area contributed by atoms with Crippen LogP contribution in [0, 0.1) is 24.3 Å². The van der Waals surface area contributed by atoms with E-state index in [4.69, 9.17) is 4.98 Å². The Labute approximate surface area is 188 Å². The molecule has 0 fully saturated rings. The molecule has 0 saturated carbocycles. The second-order valence-electron chi connectivity index (χ2n) is 7.30. The van der Waals surface area contributed by atoms with Gasteiger partial charge in [0.15, 0.2) is 0 Å². The molecule has 30 heavy (non-hydrogen) atoms. The van der Waals surface area contributed by atoms with Crippen molar-refractivity contribution in [3.63, 3.8) is 0 Å². The summed E-state index contributed by atoms with van der Waals surface area (Å²) >= 11 is 2.30. The molecule has 0 N–H and O–H groups in total. The molecule has 0 radical (unpaired) electrons. The van der Waals surface area contributed by atoms with Crippen LogP contribution in [0.4, 0.5) is 0 Å². The first-order valence-electron chi connectivity index (χ1n) is 9.61. The van der Waals surface area contributed by atoms with Crippen molar-refractivity contribution in [3.8, 4) is 11.4 Å². The third kappa shape index (κ3) is 2.89. The van der Waals surface area contributed by atoms with E-state index in [2.05, 4.69) is 63.4 Å². The number of aryl methyl sites for hydroxylation is 3. The van der Waals surface area contributed by atoms with Gasteiger partial charge in [0.25, 0.3) is 5.12 Å². The number of fused-ring (bicyclic) bond motifs is 2. The van der Waals surface area contributed by atoms with Crippen molar-refractivity contribution in [2.24, 2.45) is 0 Å². The predicted molar refractivity (Wildman–Crippen MR) is 130 cm³/mol. The van der Waals surface area contributed by atoms with Crippen LogP contribution in [0.1, 0.15) is 17.1 Å². The summed E-state index contributed by atoms with van der Waals surface area (Å²) in [6, 6.07) is 18.2. The zero-order chi connectivity index (χ0) is 21.0. The maximum absolute atomic E-state index is 13.9. The summed E-state index contributed by atoms with van der Waals surface area (Å²) in [6.07, 6.45) is 1.85. The van der Waals surface area contributed by atoms with Crippen LogP contribution >= 0.6 is 30.0 Å². The van der Waals surface area contributed by atoms with Crippen LogP contribution in [-0.4, -0.2) is 19.3 Å². The number of benzene rings is 2. The number of hydrogen-bond donors (Lipinski definition) is 0. The first kappa shape index (κ1) is 19.4. The van der Waals surface area contributed by atoms with Crippen molar-refractivity contribution >= 4 is 51.3 Å². The fourth-order valence-corrected chi connectivity index (χ4v) is 6.17. The second kappa shape index (κ2) is 7.29. The fourth-order valence-electron chi connectivity index (χ4n) is 4.08. The van der Waals surface area contributed by atoms with Crippen LogP contribution in [0.25, 0.3) is 32.6 Å². The van der Waals surface area contributed by atoms with Gasteiger partial charge < -0.3 is 4.57 Å². The van der Waals surface area contributed by atoms with Crippen molar-refractivity contribution in [2.75, 3.05) is 0 Å². The van der Waals surface area contributed by atoms with Crippen molar-refractivity contribution in [3.05, 3.63) is 81.4 Å². The number of halogens is 1.